The number of fused-ring (bicyclic) bond motifs is 7. The van der Waals surface area contributed by atoms with Crippen LogP contribution in [0.3, 0.4) is 0 Å². The van der Waals surface area contributed by atoms with Gasteiger partial charge in [0.2, 0.25) is 0 Å². The zero-order chi connectivity index (χ0) is 21.9. The Hall–Kier alpha value is -3.82. The van der Waals surface area contributed by atoms with Gasteiger partial charge >= 0.3 is 0 Å². The van der Waals surface area contributed by atoms with Crippen LogP contribution in [0.1, 0.15) is 0 Å². The lowest BCUT2D eigenvalue weighted by Gasteiger charge is -2.09. The number of H-pyrrole nitrogens is 1. The van der Waals surface area contributed by atoms with Crippen molar-refractivity contribution in [3.8, 4) is 16.8 Å². The van der Waals surface area contributed by atoms with E-state index in [9.17, 15) is 0 Å². The molecule has 7 rings (SSSR count). The van der Waals surface area contributed by atoms with Crippen molar-refractivity contribution in [3.63, 3.8) is 0 Å². The summed E-state index contributed by atoms with van der Waals surface area (Å²) in [5.41, 5.74) is 8.36. The highest BCUT2D eigenvalue weighted by Gasteiger charge is 2.18. The van der Waals surface area contributed by atoms with Crippen molar-refractivity contribution in [3.05, 3.63) is 114 Å². The third-order valence-electron chi connectivity index (χ3n) is 6.60. The van der Waals surface area contributed by atoms with Crippen LogP contribution in [0.2, 0.25) is 0 Å². The molecule has 0 saturated carbocycles. The Bertz CT molecular complexity index is 1810. The second kappa shape index (κ2) is 7.09. The quantitative estimate of drug-likeness (QED) is 0.252. The van der Waals surface area contributed by atoms with Crippen LogP contribution >= 0.6 is 15.9 Å². The Morgan fingerprint density at radius 2 is 1.24 bits per heavy atom. The van der Waals surface area contributed by atoms with Crippen molar-refractivity contribution in [1.29, 1.82) is 0 Å². The van der Waals surface area contributed by atoms with E-state index in [1.165, 1.54) is 49.4 Å². The first kappa shape index (κ1) is 18.7. The zero-order valence-electron chi connectivity index (χ0n) is 17.7. The molecule has 0 spiro atoms. The summed E-state index contributed by atoms with van der Waals surface area (Å²) in [6, 6.07) is 38.9. The molecule has 1 N–H and O–H groups in total. The van der Waals surface area contributed by atoms with Crippen molar-refractivity contribution in [2.75, 3.05) is 0 Å². The minimum Gasteiger partial charge on any atom is -0.354 e. The van der Waals surface area contributed by atoms with Crippen molar-refractivity contribution in [1.82, 2.24) is 9.55 Å². The number of nitrogens with zero attached hydrogens (tertiary/aromatic N) is 1. The van der Waals surface area contributed by atoms with E-state index in [0.29, 0.717) is 0 Å². The van der Waals surface area contributed by atoms with Crippen molar-refractivity contribution in [2.24, 2.45) is 0 Å². The lowest BCUT2D eigenvalue weighted by Crippen LogP contribution is -1.93. The Morgan fingerprint density at radius 3 is 2.09 bits per heavy atom. The van der Waals surface area contributed by atoms with Gasteiger partial charge in [0.1, 0.15) is 0 Å². The fourth-order valence-electron chi connectivity index (χ4n) is 5.16. The Kier molecular flexibility index (Phi) is 4.02. The lowest BCUT2D eigenvalue weighted by molar-refractivity contribution is 1.18. The minimum atomic E-state index is 1.11. The van der Waals surface area contributed by atoms with Crippen LogP contribution in [-0.2, 0) is 0 Å². The number of aromatic nitrogens is 2. The van der Waals surface area contributed by atoms with Crippen LogP contribution < -0.4 is 0 Å². The van der Waals surface area contributed by atoms with E-state index in [2.05, 4.69) is 135 Å². The molecule has 3 heteroatoms. The average Bonchev–Trinajstić information content (AvgIpc) is 3.41. The van der Waals surface area contributed by atoms with Crippen LogP contribution in [0, 0.1) is 0 Å². The van der Waals surface area contributed by atoms with Gasteiger partial charge in [-0.15, -0.1) is 0 Å². The van der Waals surface area contributed by atoms with Gasteiger partial charge in [0, 0.05) is 42.7 Å². The fourth-order valence-corrected chi connectivity index (χ4v) is 5.73. The first-order valence-electron chi connectivity index (χ1n) is 11.1. The van der Waals surface area contributed by atoms with Gasteiger partial charge in [-0.2, -0.15) is 0 Å². The standard InChI is InChI=1S/C30H19BrN2/c31-23-10-6-11-24-29(23)30-25(32-24)17-18-27-28(30)22-9-4-5-12-26(22)33(27)21-15-13-20(14-16-21)19-7-2-1-3-8-19/h1-18,32H. The Morgan fingerprint density at radius 1 is 0.515 bits per heavy atom. The maximum Gasteiger partial charge on any atom is 0.0548 e. The average molecular weight is 487 g/mol. The molecule has 0 bridgehead atoms. The summed E-state index contributed by atoms with van der Waals surface area (Å²) in [6.45, 7) is 0. The molecule has 0 atom stereocenters. The van der Waals surface area contributed by atoms with E-state index < -0.39 is 0 Å². The summed E-state index contributed by atoms with van der Waals surface area (Å²) in [5.74, 6) is 0. The van der Waals surface area contributed by atoms with Crippen LogP contribution in [-0.4, -0.2) is 9.55 Å². The summed E-state index contributed by atoms with van der Waals surface area (Å²) in [6.07, 6.45) is 0. The molecule has 0 aliphatic rings. The predicted molar refractivity (Wildman–Crippen MR) is 143 cm³/mol. The predicted octanol–water partition coefficient (Wildman–Crippen LogP) is 8.85. The van der Waals surface area contributed by atoms with Crippen molar-refractivity contribution in [2.45, 2.75) is 0 Å². The van der Waals surface area contributed by atoms with E-state index in [0.717, 1.165) is 15.5 Å². The molecule has 0 unspecified atom stereocenters. The number of rotatable bonds is 2. The smallest absolute Gasteiger partial charge is 0.0548 e. The highest BCUT2D eigenvalue weighted by Crippen LogP contribution is 2.41. The van der Waals surface area contributed by atoms with Gasteiger partial charge in [0.05, 0.1) is 11.0 Å². The number of para-hydroxylation sites is 1. The topological polar surface area (TPSA) is 20.7 Å². The molecule has 7 aromatic rings. The summed E-state index contributed by atoms with van der Waals surface area (Å²) in [7, 11) is 0. The van der Waals surface area contributed by atoms with E-state index >= 15 is 0 Å². The molecule has 0 amide bonds. The number of aromatic amines is 1. The second-order valence-corrected chi connectivity index (χ2v) is 9.29. The number of halogens is 1. The van der Waals surface area contributed by atoms with Crippen LogP contribution in [0.4, 0.5) is 0 Å². The van der Waals surface area contributed by atoms with Gasteiger partial charge in [-0.1, -0.05) is 82.7 Å². The fraction of sp³-hybridized carbons (Fsp3) is 0. The minimum absolute atomic E-state index is 1.11. The SMILES string of the molecule is Brc1cccc2[nH]c3ccc4c(c5ccccc5n4-c4ccc(-c5ccccc5)cc4)c3c12. The third-order valence-corrected chi connectivity index (χ3v) is 7.26. The Balaban J connectivity index is 1.56. The molecule has 0 aliphatic carbocycles. The molecule has 0 saturated heterocycles. The maximum absolute atomic E-state index is 3.80. The molecule has 5 aromatic carbocycles. The maximum atomic E-state index is 3.80. The highest BCUT2D eigenvalue weighted by atomic mass is 79.9. The largest absolute Gasteiger partial charge is 0.354 e. The van der Waals surface area contributed by atoms with Gasteiger partial charge in [-0.25, -0.2) is 0 Å². The molecule has 2 aromatic heterocycles. The normalized spacial score (nSPS) is 11.8. The first-order valence-corrected chi connectivity index (χ1v) is 11.9. The summed E-state index contributed by atoms with van der Waals surface area (Å²) in [4.78, 5) is 3.61. The number of benzene rings is 5. The second-order valence-electron chi connectivity index (χ2n) is 8.44. The van der Waals surface area contributed by atoms with Gasteiger partial charge < -0.3 is 9.55 Å². The van der Waals surface area contributed by atoms with E-state index in [1.807, 2.05) is 0 Å². The molecule has 156 valence electrons. The number of nitrogens with one attached hydrogen (secondary N) is 1. The highest BCUT2D eigenvalue weighted by molar-refractivity contribution is 9.10. The third kappa shape index (κ3) is 2.73. The monoisotopic (exact) mass is 486 g/mol. The Labute approximate surface area is 199 Å². The first-order chi connectivity index (χ1) is 16.3. The molecule has 0 aliphatic heterocycles. The number of hydrogen-bond acceptors (Lipinski definition) is 0. The summed E-state index contributed by atoms with van der Waals surface area (Å²) >= 11 is 3.80. The zero-order valence-corrected chi connectivity index (χ0v) is 19.3. The lowest BCUT2D eigenvalue weighted by atomic mass is 10.1. The summed E-state index contributed by atoms with van der Waals surface area (Å²) < 4.78 is 3.50. The molecule has 0 fully saturated rings. The molecular weight excluding hydrogens is 468 g/mol. The van der Waals surface area contributed by atoms with Gasteiger partial charge in [-0.3, -0.25) is 0 Å². The van der Waals surface area contributed by atoms with Crippen LogP contribution in [0.25, 0.3) is 60.4 Å². The van der Waals surface area contributed by atoms with E-state index in [4.69, 9.17) is 0 Å². The molecule has 2 heterocycles. The van der Waals surface area contributed by atoms with Crippen LogP contribution in [0.5, 0.6) is 0 Å². The molecule has 33 heavy (non-hydrogen) atoms. The molecule has 0 radical (unpaired) electrons. The summed E-state index contributed by atoms with van der Waals surface area (Å²) in [5, 5.41) is 5.06. The van der Waals surface area contributed by atoms with E-state index in [-0.39, 0.29) is 0 Å². The molecule has 2 nitrogen and oxygen atoms in total. The van der Waals surface area contributed by atoms with Crippen molar-refractivity contribution >= 4 is 59.5 Å². The molecular formula is C30H19BrN2. The van der Waals surface area contributed by atoms with Crippen molar-refractivity contribution < 1.29 is 0 Å². The van der Waals surface area contributed by atoms with Gasteiger partial charge in [0.15, 0.2) is 0 Å². The van der Waals surface area contributed by atoms with Gasteiger partial charge in [-0.05, 0) is 53.6 Å². The van der Waals surface area contributed by atoms with Gasteiger partial charge in [0.25, 0.3) is 0 Å². The van der Waals surface area contributed by atoms with Crippen LogP contribution in [0.15, 0.2) is 114 Å². The number of hydrogen-bond donors (Lipinski definition) is 1. The van der Waals surface area contributed by atoms with E-state index in [1.54, 1.807) is 0 Å².